The van der Waals surface area contributed by atoms with Gasteiger partial charge in [0.05, 0.1) is 0 Å². The second-order valence-corrected chi connectivity index (χ2v) is 20.9. The van der Waals surface area contributed by atoms with Gasteiger partial charge in [-0.1, -0.05) is 161 Å². The van der Waals surface area contributed by atoms with Crippen molar-refractivity contribution in [2.45, 2.75) is 106 Å². The minimum atomic E-state index is -0.174. The fourth-order valence-electron chi connectivity index (χ4n) is 9.22. The van der Waals surface area contributed by atoms with Crippen LogP contribution < -0.4 is 14.5 Å². The van der Waals surface area contributed by atoms with Gasteiger partial charge in [-0.2, -0.15) is 6.07 Å². The molecule has 0 aliphatic carbocycles. The van der Waals surface area contributed by atoms with Gasteiger partial charge in [-0.25, -0.2) is 4.98 Å². The fraction of sp³-hybridized carbons (Fsp3) is 0.279. The Morgan fingerprint density at radius 2 is 1.28 bits per heavy atom. The Kier molecular flexibility index (Phi) is 13.2. The number of para-hydroxylation sites is 1. The molecule has 0 amide bonds. The summed E-state index contributed by atoms with van der Waals surface area (Å²) in [5.74, 6) is 3.28. The maximum absolute atomic E-state index is 6.85. The number of rotatable bonds is 10. The van der Waals surface area contributed by atoms with Crippen LogP contribution in [0, 0.1) is 24.2 Å². The number of fused-ring (bicyclic) bond motifs is 3. The Morgan fingerprint density at radius 1 is 0.597 bits per heavy atom. The molecule has 5 nitrogen and oxygen atoms in total. The second-order valence-electron chi connectivity index (χ2n) is 20.9. The molecule has 0 bridgehead atoms. The molecule has 6 heteroatoms. The number of benzene rings is 6. The van der Waals surface area contributed by atoms with Crippen LogP contribution in [0.4, 0.5) is 11.4 Å². The molecule has 0 radical (unpaired) electrons. The van der Waals surface area contributed by atoms with Gasteiger partial charge in [-0.05, 0) is 104 Å². The van der Waals surface area contributed by atoms with Crippen molar-refractivity contribution in [2.75, 3.05) is 9.80 Å². The largest absolute Gasteiger partial charge is 0.509 e. The molecule has 1 aliphatic rings. The normalized spacial score (nSPS) is 13.3. The monoisotopic (exact) mass is 1060 g/mol. The number of hydrogen-bond donors (Lipinski definition) is 0. The zero-order valence-corrected chi connectivity index (χ0v) is 43.4. The van der Waals surface area contributed by atoms with Crippen LogP contribution in [-0.4, -0.2) is 9.55 Å². The maximum atomic E-state index is 6.85. The second kappa shape index (κ2) is 18.6. The van der Waals surface area contributed by atoms with Crippen molar-refractivity contribution in [3.63, 3.8) is 0 Å². The predicted molar refractivity (Wildman–Crippen MR) is 278 cm³/mol. The summed E-state index contributed by atoms with van der Waals surface area (Å²) in [6, 6.07) is 53.1. The number of hydrogen-bond acceptors (Lipinski definition) is 4. The van der Waals surface area contributed by atoms with Crippen LogP contribution in [0.1, 0.15) is 123 Å². The summed E-state index contributed by atoms with van der Waals surface area (Å²) < 4.78 is 9.05. The Balaban J connectivity index is 0.00000608. The molecule has 3 heterocycles. The van der Waals surface area contributed by atoms with E-state index in [4.69, 9.17) is 9.72 Å². The average molecular weight is 1060 g/mol. The summed E-state index contributed by atoms with van der Waals surface area (Å²) in [5, 5.41) is 2.23. The SMILES string of the molecule is CC(C)c1cc(C(C)C)c(-c2cccc(N3[CH-]N(c4[c-]c(Oc5[c-]c6c(cc5)c5ccccc5n6-c5cc(C(C)(C)C)ccn5)cc(-c5ccccc5)c4)C=C3C(C)(C)C)c2)c(C(C)C)c1.[Pt]. The molecule has 2 aromatic heterocycles. The summed E-state index contributed by atoms with van der Waals surface area (Å²) in [7, 11) is 0. The van der Waals surface area contributed by atoms with Crippen molar-refractivity contribution < 1.29 is 25.8 Å². The van der Waals surface area contributed by atoms with E-state index in [0.29, 0.717) is 29.3 Å². The van der Waals surface area contributed by atoms with Crippen molar-refractivity contribution in [2.24, 2.45) is 5.41 Å². The summed E-state index contributed by atoms with van der Waals surface area (Å²) >= 11 is 0. The number of aromatic nitrogens is 2. The minimum Gasteiger partial charge on any atom is -0.509 e. The van der Waals surface area contributed by atoms with Crippen molar-refractivity contribution in [3.8, 4) is 39.6 Å². The first-order valence-electron chi connectivity index (χ1n) is 23.6. The van der Waals surface area contributed by atoms with Crippen LogP contribution in [0.3, 0.4) is 0 Å². The Morgan fingerprint density at radius 3 is 1.96 bits per heavy atom. The number of nitrogens with zero attached hydrogens (tertiary/aromatic N) is 4. The third-order valence-corrected chi connectivity index (χ3v) is 12.9. The number of ether oxygens (including phenoxy) is 1. The molecular formula is C61H63N4OPt-3. The third kappa shape index (κ3) is 9.50. The quantitative estimate of drug-likeness (QED) is 0.128. The van der Waals surface area contributed by atoms with Gasteiger partial charge < -0.3 is 19.1 Å². The first-order chi connectivity index (χ1) is 31.4. The minimum absolute atomic E-state index is 0. The van der Waals surface area contributed by atoms with Crippen molar-refractivity contribution in [3.05, 3.63) is 187 Å². The molecule has 8 aromatic rings. The number of pyridine rings is 1. The van der Waals surface area contributed by atoms with E-state index in [0.717, 1.165) is 50.1 Å². The number of anilines is 2. The van der Waals surface area contributed by atoms with Crippen LogP contribution in [0.25, 0.3) is 49.9 Å². The molecule has 0 unspecified atom stereocenters. The molecule has 0 spiro atoms. The molecule has 0 N–H and O–H groups in total. The van der Waals surface area contributed by atoms with Crippen LogP contribution in [0.5, 0.6) is 11.5 Å². The van der Waals surface area contributed by atoms with Gasteiger partial charge in [0.15, 0.2) is 0 Å². The van der Waals surface area contributed by atoms with E-state index in [1.54, 1.807) is 0 Å². The van der Waals surface area contributed by atoms with Crippen molar-refractivity contribution in [1.29, 1.82) is 0 Å². The van der Waals surface area contributed by atoms with Crippen molar-refractivity contribution in [1.82, 2.24) is 9.55 Å². The molecule has 0 saturated heterocycles. The molecule has 0 atom stereocenters. The average Bonchev–Trinajstić information content (AvgIpc) is 3.89. The first-order valence-corrected chi connectivity index (χ1v) is 23.6. The summed E-state index contributed by atoms with van der Waals surface area (Å²) in [6.07, 6.45) is 4.16. The maximum Gasteiger partial charge on any atom is 0.135 e. The van der Waals surface area contributed by atoms with Crippen LogP contribution in [0.2, 0.25) is 0 Å². The Bertz CT molecular complexity index is 3080. The molecule has 0 fully saturated rings. The van der Waals surface area contributed by atoms with E-state index in [9.17, 15) is 0 Å². The van der Waals surface area contributed by atoms with E-state index >= 15 is 0 Å². The van der Waals surface area contributed by atoms with Gasteiger partial charge in [-0.15, -0.1) is 53.6 Å². The zero-order valence-electron chi connectivity index (χ0n) is 41.1. The van der Waals surface area contributed by atoms with Crippen molar-refractivity contribution >= 4 is 33.2 Å². The molecule has 1 aliphatic heterocycles. The molecule has 0 saturated carbocycles. The van der Waals surface area contributed by atoms with Gasteiger partial charge >= 0.3 is 0 Å². The fourth-order valence-corrected chi connectivity index (χ4v) is 9.22. The summed E-state index contributed by atoms with van der Waals surface area (Å²) in [4.78, 5) is 9.44. The molecule has 67 heavy (non-hydrogen) atoms. The Labute approximate surface area is 413 Å². The zero-order chi connectivity index (χ0) is 46.7. The van der Waals surface area contributed by atoms with Gasteiger partial charge in [0.2, 0.25) is 0 Å². The predicted octanol–water partition coefficient (Wildman–Crippen LogP) is 16.9. The van der Waals surface area contributed by atoms with Crippen LogP contribution in [-0.2, 0) is 26.5 Å². The molecule has 346 valence electrons. The van der Waals surface area contributed by atoms with Gasteiger partial charge in [0.25, 0.3) is 0 Å². The molecular weight excluding hydrogens is 1000 g/mol. The third-order valence-electron chi connectivity index (χ3n) is 12.9. The first kappa shape index (κ1) is 47.6. The number of allylic oxidation sites excluding steroid dienone is 1. The van der Waals surface area contributed by atoms with Gasteiger partial charge in [-0.3, -0.25) is 0 Å². The Hall–Kier alpha value is -5.90. The van der Waals surface area contributed by atoms with Crippen LogP contribution >= 0.6 is 0 Å². The molecule has 6 aromatic carbocycles. The molecule has 9 rings (SSSR count). The van der Waals surface area contributed by atoms with E-state index < -0.39 is 0 Å². The summed E-state index contributed by atoms with van der Waals surface area (Å²) in [5.41, 5.74) is 15.1. The smallest absolute Gasteiger partial charge is 0.135 e. The van der Waals surface area contributed by atoms with Gasteiger partial charge in [0.1, 0.15) is 5.82 Å². The van der Waals surface area contributed by atoms with Crippen LogP contribution in [0.15, 0.2) is 145 Å². The van der Waals surface area contributed by atoms with E-state index in [1.165, 1.54) is 39.1 Å². The standard InChI is InChI=1S/C61H63N4O.Pt/c1-39(2)44-32-53(40(3)4)59(54(33-44)41(5)6)43-21-18-22-47(29-43)64-38-63(37-57(64)61(10,11)12)48-30-45(42-19-14-13-15-20-42)31-50(35-48)66-49-25-26-52-51-23-16-17-24-55(51)65(56(52)36-49)58-34-46(27-28-62-58)60(7,8)9;/h13-34,37-41H,1-12H3;/q-3;. The topological polar surface area (TPSA) is 33.5 Å². The van der Waals surface area contributed by atoms with Gasteiger partial charge in [0, 0.05) is 61.1 Å². The van der Waals surface area contributed by atoms with E-state index in [2.05, 4.69) is 244 Å². The van der Waals surface area contributed by atoms with E-state index in [1.807, 2.05) is 12.3 Å². The summed E-state index contributed by atoms with van der Waals surface area (Å²) in [6.45, 7) is 29.6. The van der Waals surface area contributed by atoms with E-state index in [-0.39, 0.29) is 31.9 Å².